The third kappa shape index (κ3) is 1.42. The maximum atomic E-state index is 4.19. The van der Waals surface area contributed by atoms with Crippen molar-refractivity contribution in [3.05, 3.63) is 30.3 Å². The minimum atomic E-state index is 0.531. The van der Waals surface area contributed by atoms with E-state index in [0.29, 0.717) is 12.1 Å². The Hall–Kier alpha value is -1.95. The standard InChI is InChI=1S/C12H14N6/c1-2-4-10(5-3-1)18-12(14-15-16-18)17-8-9-6-11(17)7-13-9/h1-5,9,11,13H,6-8H2/t9-,11-/m1/s1. The van der Waals surface area contributed by atoms with Crippen molar-refractivity contribution in [2.45, 2.75) is 18.5 Å². The average Bonchev–Trinajstić information content (AvgIpc) is 3.15. The van der Waals surface area contributed by atoms with Crippen LogP contribution in [0.1, 0.15) is 6.42 Å². The van der Waals surface area contributed by atoms with Crippen LogP contribution in [0.25, 0.3) is 5.69 Å². The van der Waals surface area contributed by atoms with Crippen molar-refractivity contribution in [2.75, 3.05) is 18.0 Å². The van der Waals surface area contributed by atoms with Crippen LogP contribution in [0.15, 0.2) is 30.3 Å². The Kier molecular flexibility index (Phi) is 2.10. The van der Waals surface area contributed by atoms with Gasteiger partial charge in [-0.2, -0.15) is 4.68 Å². The van der Waals surface area contributed by atoms with Crippen LogP contribution in [0.4, 0.5) is 5.95 Å². The van der Waals surface area contributed by atoms with E-state index in [1.54, 1.807) is 0 Å². The second-order valence-electron chi connectivity index (χ2n) is 4.87. The number of hydrogen-bond acceptors (Lipinski definition) is 5. The number of benzene rings is 1. The molecule has 4 rings (SSSR count). The van der Waals surface area contributed by atoms with E-state index in [2.05, 4.69) is 25.7 Å². The van der Waals surface area contributed by atoms with Gasteiger partial charge < -0.3 is 10.2 Å². The summed E-state index contributed by atoms with van der Waals surface area (Å²) in [5.41, 5.74) is 1.01. The van der Waals surface area contributed by atoms with Crippen LogP contribution in [0.5, 0.6) is 0 Å². The molecule has 2 aliphatic rings. The highest BCUT2D eigenvalue weighted by Crippen LogP contribution is 2.28. The van der Waals surface area contributed by atoms with Gasteiger partial charge in [0.2, 0.25) is 0 Å². The zero-order valence-corrected chi connectivity index (χ0v) is 9.90. The fourth-order valence-corrected chi connectivity index (χ4v) is 2.90. The molecule has 0 radical (unpaired) electrons. The number of nitrogens with zero attached hydrogens (tertiary/aromatic N) is 5. The van der Waals surface area contributed by atoms with Crippen LogP contribution >= 0.6 is 0 Å². The van der Waals surface area contributed by atoms with E-state index in [9.17, 15) is 0 Å². The Labute approximate surface area is 105 Å². The topological polar surface area (TPSA) is 58.9 Å². The molecule has 0 amide bonds. The summed E-state index contributed by atoms with van der Waals surface area (Å²) in [6, 6.07) is 11.2. The van der Waals surface area contributed by atoms with Crippen molar-refractivity contribution >= 4 is 5.95 Å². The highest BCUT2D eigenvalue weighted by molar-refractivity contribution is 5.43. The van der Waals surface area contributed by atoms with Gasteiger partial charge in [-0.1, -0.05) is 23.3 Å². The van der Waals surface area contributed by atoms with Crippen LogP contribution in [-0.4, -0.2) is 45.4 Å². The summed E-state index contributed by atoms with van der Waals surface area (Å²) < 4.78 is 1.82. The molecular weight excluding hydrogens is 228 g/mol. The lowest BCUT2D eigenvalue weighted by molar-refractivity contribution is 0.567. The number of fused-ring (bicyclic) bond motifs is 2. The fourth-order valence-electron chi connectivity index (χ4n) is 2.90. The first-order valence-corrected chi connectivity index (χ1v) is 6.25. The molecular formula is C12H14N6. The van der Waals surface area contributed by atoms with Crippen molar-refractivity contribution in [3.8, 4) is 5.69 Å². The zero-order valence-electron chi connectivity index (χ0n) is 9.90. The van der Waals surface area contributed by atoms with Gasteiger partial charge in [-0.3, -0.25) is 0 Å². The third-order valence-corrected chi connectivity index (χ3v) is 3.77. The first-order chi connectivity index (χ1) is 8.92. The van der Waals surface area contributed by atoms with E-state index in [4.69, 9.17) is 0 Å². The van der Waals surface area contributed by atoms with E-state index in [-0.39, 0.29) is 0 Å². The van der Waals surface area contributed by atoms with E-state index in [0.717, 1.165) is 24.7 Å². The molecule has 0 spiro atoms. The highest BCUT2D eigenvalue weighted by atomic mass is 15.6. The SMILES string of the molecule is c1ccc(-n2nnnc2N2C[C@H]3C[C@@H]2CN3)cc1. The largest absolute Gasteiger partial charge is 0.333 e. The Morgan fingerprint density at radius 3 is 2.83 bits per heavy atom. The van der Waals surface area contributed by atoms with Gasteiger partial charge in [0.1, 0.15) is 0 Å². The van der Waals surface area contributed by atoms with Crippen LogP contribution < -0.4 is 10.2 Å². The van der Waals surface area contributed by atoms with Gasteiger partial charge in [0.25, 0.3) is 5.95 Å². The molecule has 0 unspecified atom stereocenters. The molecule has 3 heterocycles. The molecule has 1 N–H and O–H groups in total. The quantitative estimate of drug-likeness (QED) is 0.816. The second-order valence-corrected chi connectivity index (χ2v) is 4.87. The number of nitrogens with one attached hydrogen (secondary N) is 1. The molecule has 2 aliphatic heterocycles. The lowest BCUT2D eigenvalue weighted by Crippen LogP contribution is -2.44. The molecule has 0 aliphatic carbocycles. The molecule has 6 heteroatoms. The summed E-state index contributed by atoms with van der Waals surface area (Å²) in [5.74, 6) is 0.857. The van der Waals surface area contributed by atoms with E-state index < -0.39 is 0 Å². The number of tetrazole rings is 1. The first kappa shape index (κ1) is 10.0. The molecule has 0 saturated carbocycles. The summed E-state index contributed by atoms with van der Waals surface area (Å²) in [7, 11) is 0. The summed E-state index contributed by atoms with van der Waals surface area (Å²) in [6.07, 6.45) is 1.20. The van der Waals surface area contributed by atoms with Gasteiger partial charge in [-0.15, -0.1) is 0 Å². The van der Waals surface area contributed by atoms with Gasteiger partial charge in [0.05, 0.1) is 5.69 Å². The zero-order chi connectivity index (χ0) is 11.9. The van der Waals surface area contributed by atoms with Gasteiger partial charge in [0.15, 0.2) is 0 Å². The number of piperazine rings is 1. The summed E-state index contributed by atoms with van der Waals surface area (Å²) in [6.45, 7) is 2.03. The van der Waals surface area contributed by atoms with E-state index in [1.165, 1.54) is 6.42 Å². The third-order valence-electron chi connectivity index (χ3n) is 3.77. The molecule has 2 atom stereocenters. The maximum absolute atomic E-state index is 4.19. The van der Waals surface area contributed by atoms with Crippen molar-refractivity contribution in [1.82, 2.24) is 25.5 Å². The van der Waals surface area contributed by atoms with Crippen molar-refractivity contribution in [1.29, 1.82) is 0 Å². The minimum Gasteiger partial charge on any atom is -0.333 e. The summed E-state index contributed by atoms with van der Waals surface area (Å²) in [5, 5.41) is 15.6. The Morgan fingerprint density at radius 1 is 1.22 bits per heavy atom. The first-order valence-electron chi connectivity index (χ1n) is 6.25. The highest BCUT2D eigenvalue weighted by Gasteiger charge is 2.39. The van der Waals surface area contributed by atoms with Crippen molar-refractivity contribution in [2.24, 2.45) is 0 Å². The number of rotatable bonds is 2. The van der Waals surface area contributed by atoms with Gasteiger partial charge in [-0.25, -0.2) is 0 Å². The maximum Gasteiger partial charge on any atom is 0.250 e. The number of para-hydroxylation sites is 1. The van der Waals surface area contributed by atoms with Crippen LogP contribution in [0.2, 0.25) is 0 Å². The predicted octanol–water partition coefficient (Wildman–Crippen LogP) is 0.213. The van der Waals surface area contributed by atoms with E-state index in [1.807, 2.05) is 35.0 Å². The Balaban J connectivity index is 1.73. The summed E-state index contributed by atoms with van der Waals surface area (Å²) in [4.78, 5) is 2.31. The van der Waals surface area contributed by atoms with Crippen molar-refractivity contribution < 1.29 is 0 Å². The smallest absolute Gasteiger partial charge is 0.250 e. The monoisotopic (exact) mass is 242 g/mol. The van der Waals surface area contributed by atoms with Gasteiger partial charge in [0, 0.05) is 25.2 Å². The molecule has 2 bridgehead atoms. The van der Waals surface area contributed by atoms with Crippen molar-refractivity contribution in [3.63, 3.8) is 0 Å². The second kappa shape index (κ2) is 3.78. The molecule has 18 heavy (non-hydrogen) atoms. The molecule has 1 aromatic carbocycles. The normalized spacial score (nSPS) is 25.9. The molecule has 2 fully saturated rings. The molecule has 2 aromatic rings. The minimum absolute atomic E-state index is 0.531. The Morgan fingerprint density at radius 2 is 2.11 bits per heavy atom. The van der Waals surface area contributed by atoms with Crippen LogP contribution in [-0.2, 0) is 0 Å². The number of hydrogen-bond donors (Lipinski definition) is 1. The summed E-state index contributed by atoms with van der Waals surface area (Å²) >= 11 is 0. The average molecular weight is 242 g/mol. The molecule has 2 saturated heterocycles. The van der Waals surface area contributed by atoms with Crippen LogP contribution in [0, 0.1) is 0 Å². The fraction of sp³-hybridized carbons (Fsp3) is 0.417. The molecule has 1 aromatic heterocycles. The number of anilines is 1. The predicted molar refractivity (Wildman–Crippen MR) is 66.7 cm³/mol. The lowest BCUT2D eigenvalue weighted by atomic mass is 10.2. The van der Waals surface area contributed by atoms with Crippen LogP contribution in [0.3, 0.4) is 0 Å². The van der Waals surface area contributed by atoms with E-state index >= 15 is 0 Å². The molecule has 92 valence electrons. The van der Waals surface area contributed by atoms with Gasteiger partial charge in [-0.05, 0) is 29.0 Å². The molecule has 6 nitrogen and oxygen atoms in total. The lowest BCUT2D eigenvalue weighted by Gasteiger charge is -2.27. The number of aromatic nitrogens is 4. The van der Waals surface area contributed by atoms with Gasteiger partial charge >= 0.3 is 0 Å². The Bertz CT molecular complexity index is 551.